The first-order valence-corrected chi connectivity index (χ1v) is 7.28. The number of hydrogen-bond acceptors (Lipinski definition) is 2. The van der Waals surface area contributed by atoms with E-state index in [2.05, 4.69) is 64.3 Å². The molecule has 0 amide bonds. The van der Waals surface area contributed by atoms with Crippen molar-refractivity contribution >= 4 is 5.82 Å². The van der Waals surface area contributed by atoms with Gasteiger partial charge in [0.2, 0.25) is 0 Å². The highest BCUT2D eigenvalue weighted by atomic mass is 15.2. The largest absolute Gasteiger partial charge is 0.383 e. The van der Waals surface area contributed by atoms with Crippen molar-refractivity contribution in [2.75, 3.05) is 5.73 Å². The Hall–Kier alpha value is -1.77. The molecule has 3 nitrogen and oxygen atoms in total. The summed E-state index contributed by atoms with van der Waals surface area (Å²) in [4.78, 5) is 4.84. The van der Waals surface area contributed by atoms with Crippen molar-refractivity contribution in [1.82, 2.24) is 9.55 Å². The van der Waals surface area contributed by atoms with Crippen LogP contribution in [0.5, 0.6) is 0 Å². The van der Waals surface area contributed by atoms with Crippen LogP contribution >= 0.6 is 0 Å². The Bertz CT molecular complexity index is 621. The Kier molecular flexibility index (Phi) is 3.89. The van der Waals surface area contributed by atoms with Gasteiger partial charge >= 0.3 is 0 Å². The van der Waals surface area contributed by atoms with Crippen molar-refractivity contribution in [3.63, 3.8) is 0 Å². The Morgan fingerprint density at radius 2 is 1.75 bits per heavy atom. The monoisotopic (exact) mass is 271 g/mol. The normalized spacial score (nSPS) is 11.6. The fraction of sp³-hybridized carbons (Fsp3) is 0.471. The van der Waals surface area contributed by atoms with Crippen molar-refractivity contribution in [1.29, 1.82) is 0 Å². The summed E-state index contributed by atoms with van der Waals surface area (Å²) in [5.41, 5.74) is 10.9. The van der Waals surface area contributed by atoms with Crippen molar-refractivity contribution in [3.8, 4) is 11.3 Å². The molecule has 2 N–H and O–H groups in total. The Balaban J connectivity index is 2.69. The smallest absolute Gasteiger partial charge is 0.131 e. The number of benzene rings is 1. The molecule has 20 heavy (non-hydrogen) atoms. The molecule has 0 aliphatic heterocycles. The second kappa shape index (κ2) is 5.31. The van der Waals surface area contributed by atoms with Crippen LogP contribution in [0.4, 0.5) is 5.82 Å². The van der Waals surface area contributed by atoms with Gasteiger partial charge in [-0.25, -0.2) is 4.98 Å². The van der Waals surface area contributed by atoms with E-state index < -0.39 is 0 Å². The standard InChI is InChI=1S/C17H25N3/c1-10(2)17-19-15(16(18)20(17)11(3)4)14-9-12(5)7-8-13(14)6/h7-11H,18H2,1-6H3. The zero-order valence-corrected chi connectivity index (χ0v) is 13.4. The molecule has 0 fully saturated rings. The van der Waals surface area contributed by atoms with E-state index in [0.717, 1.165) is 22.9 Å². The van der Waals surface area contributed by atoms with E-state index in [4.69, 9.17) is 10.7 Å². The lowest BCUT2D eigenvalue weighted by Gasteiger charge is -2.15. The van der Waals surface area contributed by atoms with Crippen molar-refractivity contribution < 1.29 is 0 Å². The molecule has 0 spiro atoms. The van der Waals surface area contributed by atoms with Crippen molar-refractivity contribution in [2.24, 2.45) is 0 Å². The van der Waals surface area contributed by atoms with Crippen LogP contribution in [-0.4, -0.2) is 9.55 Å². The van der Waals surface area contributed by atoms with Gasteiger partial charge in [0.1, 0.15) is 17.3 Å². The Labute approximate surface area is 121 Å². The van der Waals surface area contributed by atoms with Crippen LogP contribution < -0.4 is 5.73 Å². The van der Waals surface area contributed by atoms with Crippen LogP contribution in [0, 0.1) is 13.8 Å². The number of nitrogens with zero attached hydrogens (tertiary/aromatic N) is 2. The maximum absolute atomic E-state index is 6.39. The van der Waals surface area contributed by atoms with E-state index in [1.54, 1.807) is 0 Å². The second-order valence-electron chi connectivity index (χ2n) is 6.14. The van der Waals surface area contributed by atoms with E-state index in [-0.39, 0.29) is 0 Å². The molecule has 1 heterocycles. The number of anilines is 1. The van der Waals surface area contributed by atoms with Gasteiger partial charge in [-0.3, -0.25) is 0 Å². The maximum atomic E-state index is 6.39. The minimum atomic E-state index is 0.318. The summed E-state index contributed by atoms with van der Waals surface area (Å²) in [6.07, 6.45) is 0. The van der Waals surface area contributed by atoms with Gasteiger partial charge in [-0.05, 0) is 39.3 Å². The minimum absolute atomic E-state index is 0.318. The first-order valence-electron chi connectivity index (χ1n) is 7.28. The quantitative estimate of drug-likeness (QED) is 0.896. The number of hydrogen-bond donors (Lipinski definition) is 1. The second-order valence-corrected chi connectivity index (χ2v) is 6.14. The lowest BCUT2D eigenvalue weighted by atomic mass is 10.0. The molecule has 0 unspecified atom stereocenters. The number of rotatable bonds is 3. The van der Waals surface area contributed by atoms with Crippen LogP contribution in [0.3, 0.4) is 0 Å². The molecule has 0 bridgehead atoms. The average molecular weight is 271 g/mol. The molecule has 2 aromatic rings. The van der Waals surface area contributed by atoms with Crippen LogP contribution in [0.2, 0.25) is 0 Å². The topological polar surface area (TPSA) is 43.8 Å². The summed E-state index contributed by atoms with van der Waals surface area (Å²) in [5.74, 6) is 2.20. The number of imidazole rings is 1. The van der Waals surface area contributed by atoms with Gasteiger partial charge in [-0.15, -0.1) is 0 Å². The summed E-state index contributed by atoms with van der Waals surface area (Å²) in [6, 6.07) is 6.74. The third kappa shape index (κ3) is 2.45. The number of nitrogens with two attached hydrogens (primary N) is 1. The fourth-order valence-corrected chi connectivity index (χ4v) is 2.60. The van der Waals surface area contributed by atoms with Gasteiger partial charge in [0.15, 0.2) is 0 Å². The zero-order valence-electron chi connectivity index (χ0n) is 13.4. The zero-order chi connectivity index (χ0) is 15.0. The maximum Gasteiger partial charge on any atom is 0.131 e. The van der Waals surface area contributed by atoms with E-state index in [1.807, 2.05) is 0 Å². The molecule has 0 aliphatic rings. The fourth-order valence-electron chi connectivity index (χ4n) is 2.60. The first-order chi connectivity index (χ1) is 9.32. The van der Waals surface area contributed by atoms with Crippen molar-refractivity contribution in [3.05, 3.63) is 35.2 Å². The van der Waals surface area contributed by atoms with E-state index in [0.29, 0.717) is 12.0 Å². The predicted octanol–water partition coefficient (Wildman–Crippen LogP) is 4.45. The highest BCUT2D eigenvalue weighted by Crippen LogP contribution is 2.33. The van der Waals surface area contributed by atoms with Gasteiger partial charge in [0, 0.05) is 17.5 Å². The molecule has 1 aromatic heterocycles. The van der Waals surface area contributed by atoms with Crippen LogP contribution in [0.15, 0.2) is 18.2 Å². The highest BCUT2D eigenvalue weighted by Gasteiger charge is 2.20. The van der Waals surface area contributed by atoms with Crippen molar-refractivity contribution in [2.45, 2.75) is 53.5 Å². The van der Waals surface area contributed by atoms with Gasteiger partial charge in [-0.1, -0.05) is 31.5 Å². The molecule has 1 aromatic carbocycles. The summed E-state index contributed by atoms with van der Waals surface area (Å²) < 4.78 is 2.15. The lowest BCUT2D eigenvalue weighted by Crippen LogP contribution is -2.10. The molecule has 0 saturated carbocycles. The van der Waals surface area contributed by atoms with Gasteiger partial charge in [0.25, 0.3) is 0 Å². The highest BCUT2D eigenvalue weighted by molar-refractivity contribution is 5.74. The van der Waals surface area contributed by atoms with Crippen LogP contribution in [0.1, 0.15) is 56.6 Å². The number of aromatic nitrogens is 2. The van der Waals surface area contributed by atoms with Crippen LogP contribution in [-0.2, 0) is 0 Å². The SMILES string of the molecule is Cc1ccc(C)c(-c2nc(C(C)C)n(C(C)C)c2N)c1. The molecular formula is C17H25N3. The van der Waals surface area contributed by atoms with E-state index >= 15 is 0 Å². The summed E-state index contributed by atoms with van der Waals surface area (Å²) >= 11 is 0. The molecule has 0 aliphatic carbocycles. The third-order valence-corrected chi connectivity index (χ3v) is 3.66. The Morgan fingerprint density at radius 3 is 2.25 bits per heavy atom. The lowest BCUT2D eigenvalue weighted by molar-refractivity contribution is 0.556. The first kappa shape index (κ1) is 14.6. The number of nitrogen functional groups attached to an aromatic ring is 1. The van der Waals surface area contributed by atoms with Gasteiger partial charge in [0.05, 0.1) is 0 Å². The average Bonchev–Trinajstić information content (AvgIpc) is 2.70. The summed E-state index contributed by atoms with van der Waals surface area (Å²) in [7, 11) is 0. The Morgan fingerprint density at radius 1 is 1.10 bits per heavy atom. The minimum Gasteiger partial charge on any atom is -0.383 e. The van der Waals surface area contributed by atoms with E-state index in [1.165, 1.54) is 11.1 Å². The molecule has 108 valence electrons. The third-order valence-electron chi connectivity index (χ3n) is 3.66. The van der Waals surface area contributed by atoms with Gasteiger partial charge < -0.3 is 10.3 Å². The molecule has 3 heteroatoms. The number of aryl methyl sites for hydroxylation is 2. The van der Waals surface area contributed by atoms with Gasteiger partial charge in [-0.2, -0.15) is 0 Å². The molecule has 2 rings (SSSR count). The summed E-state index contributed by atoms with van der Waals surface area (Å²) in [6.45, 7) is 12.8. The molecular weight excluding hydrogens is 246 g/mol. The summed E-state index contributed by atoms with van der Waals surface area (Å²) in [5, 5.41) is 0. The predicted molar refractivity (Wildman–Crippen MR) is 86.0 cm³/mol. The molecule has 0 saturated heterocycles. The molecule has 0 atom stereocenters. The molecule has 0 radical (unpaired) electrons. The van der Waals surface area contributed by atoms with Crippen LogP contribution in [0.25, 0.3) is 11.3 Å². The van der Waals surface area contributed by atoms with E-state index in [9.17, 15) is 0 Å².